The molecule has 3 atom stereocenters. The Balaban J connectivity index is 1.88. The Labute approximate surface area is 84.6 Å². The number of likely N-dealkylation sites (tertiary alicyclic amines) is 1. The average Bonchev–Trinajstić information content (AvgIpc) is 2.61. The van der Waals surface area contributed by atoms with E-state index in [-0.39, 0.29) is 6.09 Å². The van der Waals surface area contributed by atoms with Gasteiger partial charge in [0.05, 0.1) is 6.61 Å². The lowest BCUT2D eigenvalue weighted by Gasteiger charge is -2.17. The third kappa shape index (κ3) is 1.71. The Kier molecular flexibility index (Phi) is 2.63. The number of amides is 1. The molecule has 0 aromatic rings. The fraction of sp³-hybridized carbons (Fsp3) is 0.900. The molecule has 0 aromatic carbocycles. The van der Waals surface area contributed by atoms with Crippen LogP contribution in [0.1, 0.15) is 20.3 Å². The Morgan fingerprint density at radius 2 is 2.36 bits per heavy atom. The number of nitrogens with one attached hydrogen (secondary N) is 1. The predicted molar refractivity (Wildman–Crippen MR) is 53.1 cm³/mol. The quantitative estimate of drug-likeness (QED) is 0.678. The molecule has 4 nitrogen and oxygen atoms in total. The number of hydrogen-bond donors (Lipinski definition) is 1. The number of fused-ring (bicyclic) bond motifs is 1. The van der Waals surface area contributed by atoms with Crippen LogP contribution in [0.4, 0.5) is 4.79 Å². The van der Waals surface area contributed by atoms with Gasteiger partial charge in [0, 0.05) is 25.2 Å². The van der Waals surface area contributed by atoms with Gasteiger partial charge < -0.3 is 15.0 Å². The smallest absolute Gasteiger partial charge is 0.409 e. The lowest BCUT2D eigenvalue weighted by atomic mass is 10.0. The van der Waals surface area contributed by atoms with Crippen molar-refractivity contribution in [3.63, 3.8) is 0 Å². The number of hydrogen-bond acceptors (Lipinski definition) is 3. The molecule has 0 spiro atoms. The summed E-state index contributed by atoms with van der Waals surface area (Å²) in [6.07, 6.45) is 1.02. The molecule has 1 amide bonds. The number of carbonyl (C=O) groups is 1. The first-order valence-corrected chi connectivity index (χ1v) is 5.38. The maximum absolute atomic E-state index is 11.4. The lowest BCUT2D eigenvalue weighted by Crippen LogP contribution is -2.36. The van der Waals surface area contributed by atoms with Crippen LogP contribution in [-0.4, -0.2) is 42.8 Å². The van der Waals surface area contributed by atoms with Gasteiger partial charge in [0.1, 0.15) is 0 Å². The van der Waals surface area contributed by atoms with Crippen LogP contribution < -0.4 is 5.32 Å². The molecule has 0 radical (unpaired) electrons. The Hall–Kier alpha value is -0.770. The van der Waals surface area contributed by atoms with E-state index in [2.05, 4.69) is 12.2 Å². The van der Waals surface area contributed by atoms with Crippen molar-refractivity contribution in [2.75, 3.05) is 19.7 Å². The molecule has 14 heavy (non-hydrogen) atoms. The molecule has 2 aliphatic rings. The van der Waals surface area contributed by atoms with Gasteiger partial charge in [0.15, 0.2) is 0 Å². The van der Waals surface area contributed by atoms with Gasteiger partial charge >= 0.3 is 6.09 Å². The minimum atomic E-state index is -0.156. The number of ether oxygens (including phenoxy) is 1. The van der Waals surface area contributed by atoms with Gasteiger partial charge in [-0.3, -0.25) is 0 Å². The SMILES string of the molecule is CCOC(=O)N1C[C@@H]2C[C@H](C)N[C@@H]2C1. The fourth-order valence-corrected chi connectivity index (χ4v) is 2.55. The van der Waals surface area contributed by atoms with E-state index in [0.717, 1.165) is 13.1 Å². The van der Waals surface area contributed by atoms with Crippen LogP contribution in [0.3, 0.4) is 0 Å². The van der Waals surface area contributed by atoms with Crippen LogP contribution in [0.5, 0.6) is 0 Å². The van der Waals surface area contributed by atoms with Crippen LogP contribution >= 0.6 is 0 Å². The molecule has 0 aliphatic carbocycles. The molecule has 0 aromatic heterocycles. The second kappa shape index (κ2) is 3.77. The van der Waals surface area contributed by atoms with Gasteiger partial charge in [-0.1, -0.05) is 0 Å². The zero-order chi connectivity index (χ0) is 10.1. The number of carbonyl (C=O) groups excluding carboxylic acids is 1. The fourth-order valence-electron chi connectivity index (χ4n) is 2.55. The van der Waals surface area contributed by atoms with E-state index in [4.69, 9.17) is 4.74 Å². The van der Waals surface area contributed by atoms with E-state index in [1.165, 1.54) is 6.42 Å². The van der Waals surface area contributed by atoms with Gasteiger partial charge in [0.25, 0.3) is 0 Å². The van der Waals surface area contributed by atoms with Crippen molar-refractivity contribution in [3.8, 4) is 0 Å². The average molecular weight is 198 g/mol. The number of rotatable bonds is 1. The van der Waals surface area contributed by atoms with Crippen LogP contribution in [0.2, 0.25) is 0 Å². The molecule has 4 heteroatoms. The normalized spacial score (nSPS) is 35.9. The van der Waals surface area contributed by atoms with Crippen LogP contribution in [0.15, 0.2) is 0 Å². The number of nitrogens with zero attached hydrogens (tertiary/aromatic N) is 1. The zero-order valence-electron chi connectivity index (χ0n) is 8.82. The summed E-state index contributed by atoms with van der Waals surface area (Å²) in [4.78, 5) is 13.3. The first-order chi connectivity index (χ1) is 6.70. The van der Waals surface area contributed by atoms with Gasteiger partial charge in [-0.15, -0.1) is 0 Å². The molecule has 80 valence electrons. The molecule has 2 aliphatic heterocycles. The monoisotopic (exact) mass is 198 g/mol. The molecular weight excluding hydrogens is 180 g/mol. The molecule has 0 bridgehead atoms. The molecule has 2 rings (SSSR count). The second-order valence-corrected chi connectivity index (χ2v) is 4.27. The highest BCUT2D eigenvalue weighted by Crippen LogP contribution is 2.28. The highest BCUT2D eigenvalue weighted by molar-refractivity contribution is 5.68. The summed E-state index contributed by atoms with van der Waals surface area (Å²) in [5, 5.41) is 3.49. The van der Waals surface area contributed by atoms with E-state index < -0.39 is 0 Å². The molecular formula is C10H18N2O2. The minimum Gasteiger partial charge on any atom is -0.450 e. The van der Waals surface area contributed by atoms with Gasteiger partial charge in [-0.05, 0) is 26.2 Å². The van der Waals surface area contributed by atoms with Gasteiger partial charge in [-0.2, -0.15) is 0 Å². The summed E-state index contributed by atoms with van der Waals surface area (Å²) in [7, 11) is 0. The van der Waals surface area contributed by atoms with E-state index in [1.807, 2.05) is 11.8 Å². The molecule has 0 saturated carbocycles. The summed E-state index contributed by atoms with van der Waals surface area (Å²) in [5.74, 6) is 0.634. The molecule has 2 heterocycles. The Morgan fingerprint density at radius 1 is 1.57 bits per heavy atom. The first-order valence-electron chi connectivity index (χ1n) is 5.38. The van der Waals surface area contributed by atoms with E-state index in [0.29, 0.717) is 24.6 Å². The van der Waals surface area contributed by atoms with Gasteiger partial charge in [-0.25, -0.2) is 4.79 Å². The first kappa shape index (κ1) is 9.77. The highest BCUT2D eigenvalue weighted by atomic mass is 16.6. The van der Waals surface area contributed by atoms with Crippen LogP contribution in [-0.2, 0) is 4.74 Å². The molecule has 2 fully saturated rings. The van der Waals surface area contributed by atoms with Crippen molar-refractivity contribution >= 4 is 6.09 Å². The zero-order valence-corrected chi connectivity index (χ0v) is 8.82. The molecule has 1 N–H and O–H groups in total. The largest absolute Gasteiger partial charge is 0.450 e. The summed E-state index contributed by atoms with van der Waals surface area (Å²) < 4.78 is 4.98. The van der Waals surface area contributed by atoms with Crippen LogP contribution in [0.25, 0.3) is 0 Å². The predicted octanol–water partition coefficient (Wildman–Crippen LogP) is 0.825. The standard InChI is InChI=1S/C10H18N2O2/c1-3-14-10(13)12-5-8-4-7(2)11-9(8)6-12/h7-9,11H,3-6H2,1-2H3/t7-,8-,9+/m0/s1. The van der Waals surface area contributed by atoms with Crippen molar-refractivity contribution in [1.82, 2.24) is 10.2 Å². The van der Waals surface area contributed by atoms with E-state index in [1.54, 1.807) is 0 Å². The van der Waals surface area contributed by atoms with Crippen molar-refractivity contribution in [1.29, 1.82) is 0 Å². The third-order valence-corrected chi connectivity index (χ3v) is 3.12. The van der Waals surface area contributed by atoms with Crippen molar-refractivity contribution in [2.24, 2.45) is 5.92 Å². The third-order valence-electron chi connectivity index (χ3n) is 3.12. The lowest BCUT2D eigenvalue weighted by molar-refractivity contribution is 0.113. The minimum absolute atomic E-state index is 0.156. The summed E-state index contributed by atoms with van der Waals surface area (Å²) in [6, 6.07) is 1.10. The topological polar surface area (TPSA) is 41.6 Å². The van der Waals surface area contributed by atoms with Crippen molar-refractivity contribution < 1.29 is 9.53 Å². The van der Waals surface area contributed by atoms with E-state index in [9.17, 15) is 4.79 Å². The summed E-state index contributed by atoms with van der Waals surface area (Å²) >= 11 is 0. The van der Waals surface area contributed by atoms with E-state index >= 15 is 0 Å². The summed E-state index contributed by atoms with van der Waals surface area (Å²) in [6.45, 7) is 6.19. The van der Waals surface area contributed by atoms with Gasteiger partial charge in [0.2, 0.25) is 0 Å². The second-order valence-electron chi connectivity index (χ2n) is 4.27. The summed E-state index contributed by atoms with van der Waals surface area (Å²) in [5.41, 5.74) is 0. The highest BCUT2D eigenvalue weighted by Gasteiger charge is 2.40. The Morgan fingerprint density at radius 3 is 3.00 bits per heavy atom. The van der Waals surface area contributed by atoms with Crippen molar-refractivity contribution in [2.45, 2.75) is 32.4 Å². The Bertz CT molecular complexity index is 218. The van der Waals surface area contributed by atoms with Crippen molar-refractivity contribution in [3.05, 3.63) is 0 Å². The molecule has 0 unspecified atom stereocenters. The maximum Gasteiger partial charge on any atom is 0.409 e. The molecule has 2 saturated heterocycles. The van der Waals surface area contributed by atoms with Crippen LogP contribution in [0, 0.1) is 5.92 Å². The maximum atomic E-state index is 11.4.